The quantitative estimate of drug-likeness (QED) is 0.493. The molecule has 0 amide bonds. The first kappa shape index (κ1) is 15.7. The lowest BCUT2D eigenvalue weighted by molar-refractivity contribution is 0.0728. The van der Waals surface area contributed by atoms with E-state index in [1.807, 2.05) is 0 Å². The van der Waals surface area contributed by atoms with Crippen molar-refractivity contribution in [3.63, 3.8) is 0 Å². The standard InChI is InChI=1S/C15H11F3O4/c1-20-8-3-5-9(6-4-8)22-15(19)10-7-11(16)13(18)14(21-2)12(10)17/h3-7H,1-2H3. The second kappa shape index (κ2) is 6.38. The highest BCUT2D eigenvalue weighted by Gasteiger charge is 2.24. The summed E-state index contributed by atoms with van der Waals surface area (Å²) in [6, 6.07) is 6.27. The number of methoxy groups -OCH3 is 2. The molecule has 4 nitrogen and oxygen atoms in total. The van der Waals surface area contributed by atoms with E-state index in [9.17, 15) is 18.0 Å². The zero-order valence-corrected chi connectivity index (χ0v) is 11.7. The molecule has 0 aliphatic heterocycles. The van der Waals surface area contributed by atoms with Crippen LogP contribution in [0.25, 0.3) is 0 Å². The van der Waals surface area contributed by atoms with Crippen molar-refractivity contribution < 1.29 is 32.2 Å². The van der Waals surface area contributed by atoms with Crippen molar-refractivity contribution in [3.8, 4) is 17.2 Å². The molecule has 0 atom stereocenters. The maximum Gasteiger partial charge on any atom is 0.346 e. The van der Waals surface area contributed by atoms with Gasteiger partial charge in [-0.1, -0.05) is 0 Å². The number of halogens is 3. The van der Waals surface area contributed by atoms with Gasteiger partial charge in [0.1, 0.15) is 17.1 Å². The number of hydrogen-bond donors (Lipinski definition) is 0. The van der Waals surface area contributed by atoms with Gasteiger partial charge < -0.3 is 14.2 Å². The third kappa shape index (κ3) is 2.98. The van der Waals surface area contributed by atoms with E-state index in [1.54, 1.807) is 0 Å². The molecule has 2 aromatic carbocycles. The lowest BCUT2D eigenvalue weighted by atomic mass is 10.2. The summed E-state index contributed by atoms with van der Waals surface area (Å²) in [5, 5.41) is 0. The van der Waals surface area contributed by atoms with Gasteiger partial charge in [0.2, 0.25) is 5.82 Å². The fraction of sp³-hybridized carbons (Fsp3) is 0.133. The van der Waals surface area contributed by atoms with Crippen molar-refractivity contribution in [2.75, 3.05) is 14.2 Å². The molecule has 0 aromatic heterocycles. The van der Waals surface area contributed by atoms with Gasteiger partial charge in [0.15, 0.2) is 17.4 Å². The molecule has 0 saturated heterocycles. The third-order valence-electron chi connectivity index (χ3n) is 2.81. The van der Waals surface area contributed by atoms with E-state index in [2.05, 4.69) is 4.74 Å². The summed E-state index contributed by atoms with van der Waals surface area (Å²) in [6.45, 7) is 0. The molecule has 0 bridgehead atoms. The molecule has 0 aliphatic rings. The van der Waals surface area contributed by atoms with Gasteiger partial charge in [-0.25, -0.2) is 13.6 Å². The van der Waals surface area contributed by atoms with Crippen molar-refractivity contribution in [2.24, 2.45) is 0 Å². The monoisotopic (exact) mass is 312 g/mol. The number of ether oxygens (including phenoxy) is 3. The van der Waals surface area contributed by atoms with Crippen molar-refractivity contribution in [1.29, 1.82) is 0 Å². The first-order valence-electron chi connectivity index (χ1n) is 6.05. The van der Waals surface area contributed by atoms with Crippen LogP contribution in [0, 0.1) is 17.5 Å². The number of hydrogen-bond acceptors (Lipinski definition) is 4. The Morgan fingerprint density at radius 1 is 0.909 bits per heavy atom. The Hall–Kier alpha value is -2.70. The van der Waals surface area contributed by atoms with E-state index in [0.29, 0.717) is 11.8 Å². The van der Waals surface area contributed by atoms with Gasteiger partial charge in [0.25, 0.3) is 0 Å². The lowest BCUT2D eigenvalue weighted by Gasteiger charge is -2.09. The van der Waals surface area contributed by atoms with Crippen molar-refractivity contribution in [3.05, 3.63) is 53.3 Å². The maximum absolute atomic E-state index is 13.9. The van der Waals surface area contributed by atoms with Crippen LogP contribution in [0.2, 0.25) is 0 Å². The van der Waals surface area contributed by atoms with Crippen LogP contribution in [0.4, 0.5) is 13.2 Å². The zero-order chi connectivity index (χ0) is 16.3. The fourth-order valence-electron chi connectivity index (χ4n) is 1.71. The predicted octanol–water partition coefficient (Wildman–Crippen LogP) is 3.34. The smallest absolute Gasteiger partial charge is 0.346 e. The highest BCUT2D eigenvalue weighted by atomic mass is 19.2. The molecule has 0 saturated carbocycles. The van der Waals surface area contributed by atoms with Crippen LogP contribution in [-0.4, -0.2) is 20.2 Å². The Balaban J connectivity index is 2.31. The van der Waals surface area contributed by atoms with Crippen LogP contribution in [0.5, 0.6) is 17.2 Å². The molecule has 0 unspecified atom stereocenters. The average molecular weight is 312 g/mol. The van der Waals surface area contributed by atoms with Gasteiger partial charge in [-0.15, -0.1) is 0 Å². The SMILES string of the molecule is COc1ccc(OC(=O)c2cc(F)c(F)c(OC)c2F)cc1. The van der Waals surface area contributed by atoms with E-state index in [1.165, 1.54) is 31.4 Å². The molecule has 22 heavy (non-hydrogen) atoms. The highest BCUT2D eigenvalue weighted by molar-refractivity contribution is 5.92. The molecule has 2 aromatic rings. The Kier molecular flexibility index (Phi) is 4.55. The molecule has 116 valence electrons. The van der Waals surface area contributed by atoms with Gasteiger partial charge in [0, 0.05) is 0 Å². The number of carbonyl (C=O) groups excluding carboxylic acids is 1. The molecule has 0 heterocycles. The minimum atomic E-state index is -1.51. The fourth-order valence-corrected chi connectivity index (χ4v) is 1.71. The van der Waals surface area contributed by atoms with Crippen LogP contribution < -0.4 is 14.2 Å². The zero-order valence-electron chi connectivity index (χ0n) is 11.7. The molecule has 0 fully saturated rings. The molecule has 0 spiro atoms. The van der Waals surface area contributed by atoms with Gasteiger partial charge in [-0.3, -0.25) is 0 Å². The molecule has 0 aliphatic carbocycles. The van der Waals surface area contributed by atoms with Gasteiger partial charge in [0.05, 0.1) is 14.2 Å². The topological polar surface area (TPSA) is 44.8 Å². The second-order valence-corrected chi connectivity index (χ2v) is 4.13. The number of rotatable bonds is 4. The average Bonchev–Trinajstić information content (AvgIpc) is 2.52. The van der Waals surface area contributed by atoms with E-state index in [-0.39, 0.29) is 5.75 Å². The van der Waals surface area contributed by atoms with Crippen molar-refractivity contribution in [1.82, 2.24) is 0 Å². The third-order valence-corrected chi connectivity index (χ3v) is 2.81. The molecule has 0 N–H and O–H groups in total. The van der Waals surface area contributed by atoms with Gasteiger partial charge in [-0.2, -0.15) is 4.39 Å². The van der Waals surface area contributed by atoms with Crippen LogP contribution in [0.1, 0.15) is 10.4 Å². The summed E-state index contributed by atoms with van der Waals surface area (Å²) in [5.41, 5.74) is -0.772. The molecular weight excluding hydrogens is 301 g/mol. The first-order chi connectivity index (χ1) is 10.5. The Bertz CT molecular complexity index is 699. The predicted molar refractivity (Wildman–Crippen MR) is 70.8 cm³/mol. The van der Waals surface area contributed by atoms with Crippen LogP contribution in [0.15, 0.2) is 30.3 Å². The maximum atomic E-state index is 13.9. The van der Waals surface area contributed by atoms with Crippen molar-refractivity contribution in [2.45, 2.75) is 0 Å². The van der Waals surface area contributed by atoms with Crippen LogP contribution in [-0.2, 0) is 0 Å². The Labute approximate surface area is 124 Å². The summed E-state index contributed by atoms with van der Waals surface area (Å²) < 4.78 is 54.8. The number of carbonyl (C=O) groups is 1. The van der Waals surface area contributed by atoms with Crippen LogP contribution >= 0.6 is 0 Å². The summed E-state index contributed by atoms with van der Waals surface area (Å²) in [5.74, 6) is -5.81. The lowest BCUT2D eigenvalue weighted by Crippen LogP contribution is -2.13. The van der Waals surface area contributed by atoms with Gasteiger partial charge in [-0.05, 0) is 30.3 Å². The minimum absolute atomic E-state index is 0.0916. The summed E-state index contributed by atoms with van der Waals surface area (Å²) in [4.78, 5) is 11.9. The summed E-state index contributed by atoms with van der Waals surface area (Å²) >= 11 is 0. The van der Waals surface area contributed by atoms with E-state index >= 15 is 0 Å². The minimum Gasteiger partial charge on any atom is -0.497 e. The van der Waals surface area contributed by atoms with E-state index in [4.69, 9.17) is 9.47 Å². The van der Waals surface area contributed by atoms with Gasteiger partial charge >= 0.3 is 5.97 Å². The molecule has 2 rings (SSSR count). The van der Waals surface area contributed by atoms with E-state index in [0.717, 1.165) is 7.11 Å². The van der Waals surface area contributed by atoms with Crippen molar-refractivity contribution >= 4 is 5.97 Å². The number of esters is 1. The highest BCUT2D eigenvalue weighted by Crippen LogP contribution is 2.28. The molecule has 7 heteroatoms. The Morgan fingerprint density at radius 3 is 2.05 bits per heavy atom. The van der Waals surface area contributed by atoms with Crippen LogP contribution in [0.3, 0.4) is 0 Å². The normalized spacial score (nSPS) is 10.2. The summed E-state index contributed by atoms with van der Waals surface area (Å²) in [6.07, 6.45) is 0. The Morgan fingerprint density at radius 2 is 1.50 bits per heavy atom. The van der Waals surface area contributed by atoms with E-state index < -0.39 is 34.7 Å². The largest absolute Gasteiger partial charge is 0.497 e. The summed E-state index contributed by atoms with van der Waals surface area (Å²) in [7, 11) is 2.42. The second-order valence-electron chi connectivity index (χ2n) is 4.13. The number of benzene rings is 2. The molecular formula is C15H11F3O4. The first-order valence-corrected chi connectivity index (χ1v) is 6.05. The molecule has 0 radical (unpaired) electrons.